The van der Waals surface area contributed by atoms with Crippen LogP contribution in [0.2, 0.25) is 0 Å². The fourth-order valence-electron chi connectivity index (χ4n) is 2.08. The standard InChI is InChI=1S/C14H12N2O4/c1-16-11(7-10(15-16)14(17)18)13-6-8-5-9(19-2)3-4-12(8)20-13/h3-7H,1-2H3,(H,17,18). The van der Waals surface area contributed by atoms with Gasteiger partial charge in [0.25, 0.3) is 0 Å². The van der Waals surface area contributed by atoms with Gasteiger partial charge in [0.05, 0.1) is 7.11 Å². The van der Waals surface area contributed by atoms with Crippen LogP contribution in [0.15, 0.2) is 34.7 Å². The number of carbonyl (C=O) groups is 1. The van der Waals surface area contributed by atoms with Gasteiger partial charge in [0.2, 0.25) is 0 Å². The summed E-state index contributed by atoms with van der Waals surface area (Å²) < 4.78 is 12.4. The number of hydrogen-bond donors (Lipinski definition) is 1. The zero-order chi connectivity index (χ0) is 14.3. The van der Waals surface area contributed by atoms with Crippen molar-refractivity contribution in [1.29, 1.82) is 0 Å². The Kier molecular flexibility index (Phi) is 2.71. The molecule has 0 unspecified atom stereocenters. The number of furan rings is 1. The van der Waals surface area contributed by atoms with Crippen LogP contribution in [0.1, 0.15) is 10.5 Å². The quantitative estimate of drug-likeness (QED) is 0.792. The van der Waals surface area contributed by atoms with Gasteiger partial charge in [-0.15, -0.1) is 0 Å². The lowest BCUT2D eigenvalue weighted by Crippen LogP contribution is -1.99. The van der Waals surface area contributed by atoms with E-state index >= 15 is 0 Å². The van der Waals surface area contributed by atoms with Crippen molar-refractivity contribution in [3.8, 4) is 17.2 Å². The van der Waals surface area contributed by atoms with E-state index in [1.807, 2.05) is 24.3 Å². The van der Waals surface area contributed by atoms with E-state index in [1.165, 1.54) is 10.7 Å². The summed E-state index contributed by atoms with van der Waals surface area (Å²) in [6, 6.07) is 8.79. The fraction of sp³-hybridized carbons (Fsp3) is 0.143. The lowest BCUT2D eigenvalue weighted by Gasteiger charge is -1.96. The van der Waals surface area contributed by atoms with E-state index in [-0.39, 0.29) is 5.69 Å². The second-order valence-electron chi connectivity index (χ2n) is 4.36. The van der Waals surface area contributed by atoms with Crippen LogP contribution in [0, 0.1) is 0 Å². The van der Waals surface area contributed by atoms with E-state index in [1.54, 1.807) is 14.2 Å². The molecule has 0 saturated carbocycles. The molecule has 0 spiro atoms. The van der Waals surface area contributed by atoms with Gasteiger partial charge in [-0.2, -0.15) is 5.10 Å². The molecule has 0 fully saturated rings. The van der Waals surface area contributed by atoms with Crippen LogP contribution >= 0.6 is 0 Å². The molecule has 20 heavy (non-hydrogen) atoms. The van der Waals surface area contributed by atoms with E-state index in [2.05, 4.69) is 5.10 Å². The Bertz CT molecular complexity index is 801. The molecule has 1 N–H and O–H groups in total. The van der Waals surface area contributed by atoms with Crippen LogP contribution in [0.5, 0.6) is 5.75 Å². The molecule has 2 aromatic heterocycles. The van der Waals surface area contributed by atoms with Crippen molar-refractivity contribution in [1.82, 2.24) is 9.78 Å². The highest BCUT2D eigenvalue weighted by Crippen LogP contribution is 2.30. The van der Waals surface area contributed by atoms with Gasteiger partial charge in [-0.05, 0) is 24.3 Å². The molecule has 0 saturated heterocycles. The highest BCUT2D eigenvalue weighted by Gasteiger charge is 2.16. The molecule has 0 atom stereocenters. The Balaban J connectivity index is 2.12. The predicted molar refractivity (Wildman–Crippen MR) is 71.9 cm³/mol. The Morgan fingerprint density at radius 1 is 1.35 bits per heavy atom. The van der Waals surface area contributed by atoms with Gasteiger partial charge >= 0.3 is 5.97 Å². The van der Waals surface area contributed by atoms with Gasteiger partial charge in [0.1, 0.15) is 17.0 Å². The van der Waals surface area contributed by atoms with Crippen molar-refractivity contribution in [2.24, 2.45) is 7.05 Å². The predicted octanol–water partition coefficient (Wildman–Crippen LogP) is 2.54. The summed E-state index contributed by atoms with van der Waals surface area (Å²) in [6.45, 7) is 0. The number of hydrogen-bond acceptors (Lipinski definition) is 4. The van der Waals surface area contributed by atoms with Crippen LogP contribution in [0.25, 0.3) is 22.4 Å². The number of aromatic carboxylic acids is 1. The molecule has 3 aromatic rings. The Hall–Kier alpha value is -2.76. The lowest BCUT2D eigenvalue weighted by atomic mass is 10.2. The maximum Gasteiger partial charge on any atom is 0.356 e. The van der Waals surface area contributed by atoms with Crippen molar-refractivity contribution >= 4 is 16.9 Å². The van der Waals surface area contributed by atoms with E-state index in [0.29, 0.717) is 17.0 Å². The molecule has 0 aliphatic heterocycles. The van der Waals surface area contributed by atoms with Crippen LogP contribution < -0.4 is 4.74 Å². The first-order chi connectivity index (χ1) is 9.58. The first kappa shape index (κ1) is 12.3. The van der Waals surface area contributed by atoms with Crippen molar-refractivity contribution < 1.29 is 19.1 Å². The number of rotatable bonds is 3. The summed E-state index contributed by atoms with van der Waals surface area (Å²) in [6.07, 6.45) is 0. The smallest absolute Gasteiger partial charge is 0.356 e. The van der Waals surface area contributed by atoms with Crippen molar-refractivity contribution in [3.63, 3.8) is 0 Å². The number of carboxylic acid groups (broad SMARTS) is 1. The first-order valence-electron chi connectivity index (χ1n) is 5.94. The zero-order valence-electron chi connectivity index (χ0n) is 11.0. The molecule has 0 aliphatic carbocycles. The summed E-state index contributed by atoms with van der Waals surface area (Å²) >= 11 is 0. The molecule has 6 nitrogen and oxygen atoms in total. The normalized spacial score (nSPS) is 10.9. The van der Waals surface area contributed by atoms with Crippen molar-refractivity contribution in [2.45, 2.75) is 0 Å². The summed E-state index contributed by atoms with van der Waals surface area (Å²) in [5.41, 5.74) is 1.30. The van der Waals surface area contributed by atoms with Gasteiger partial charge in [-0.25, -0.2) is 4.79 Å². The number of benzene rings is 1. The number of aromatic nitrogens is 2. The number of methoxy groups -OCH3 is 1. The Morgan fingerprint density at radius 2 is 2.15 bits per heavy atom. The minimum atomic E-state index is -1.07. The molecule has 0 bridgehead atoms. The number of carboxylic acids is 1. The summed E-state index contributed by atoms with van der Waals surface area (Å²) in [5.74, 6) is 0.237. The van der Waals surface area contributed by atoms with Gasteiger partial charge < -0.3 is 14.3 Å². The van der Waals surface area contributed by atoms with Crippen LogP contribution in [0.3, 0.4) is 0 Å². The molecule has 0 aliphatic rings. The highest BCUT2D eigenvalue weighted by atomic mass is 16.5. The van der Waals surface area contributed by atoms with Crippen LogP contribution in [0.4, 0.5) is 0 Å². The second kappa shape index (κ2) is 4.41. The molecular weight excluding hydrogens is 260 g/mol. The number of fused-ring (bicyclic) bond motifs is 1. The topological polar surface area (TPSA) is 77.5 Å². The van der Waals surface area contributed by atoms with Gasteiger partial charge in [0, 0.05) is 18.5 Å². The van der Waals surface area contributed by atoms with E-state index < -0.39 is 5.97 Å². The van der Waals surface area contributed by atoms with Crippen molar-refractivity contribution in [2.75, 3.05) is 7.11 Å². The average molecular weight is 272 g/mol. The van der Waals surface area contributed by atoms with Crippen molar-refractivity contribution in [3.05, 3.63) is 36.0 Å². The molecule has 6 heteroatoms. The maximum absolute atomic E-state index is 10.9. The second-order valence-corrected chi connectivity index (χ2v) is 4.36. The fourth-order valence-corrected chi connectivity index (χ4v) is 2.08. The molecule has 102 valence electrons. The van der Waals surface area contributed by atoms with Gasteiger partial charge in [0.15, 0.2) is 11.5 Å². The number of aryl methyl sites for hydroxylation is 1. The van der Waals surface area contributed by atoms with E-state index in [0.717, 1.165) is 11.1 Å². The average Bonchev–Trinajstić information content (AvgIpc) is 3.00. The maximum atomic E-state index is 10.9. The number of nitrogens with zero attached hydrogens (tertiary/aromatic N) is 2. The highest BCUT2D eigenvalue weighted by molar-refractivity contribution is 5.88. The third kappa shape index (κ3) is 1.91. The Morgan fingerprint density at radius 3 is 2.80 bits per heavy atom. The number of ether oxygens (including phenoxy) is 1. The van der Waals surface area contributed by atoms with E-state index in [4.69, 9.17) is 14.3 Å². The summed E-state index contributed by atoms with van der Waals surface area (Å²) in [4.78, 5) is 10.9. The molecule has 2 heterocycles. The zero-order valence-corrected chi connectivity index (χ0v) is 11.0. The minimum Gasteiger partial charge on any atom is -0.497 e. The Labute approximate surface area is 114 Å². The summed E-state index contributed by atoms with van der Waals surface area (Å²) in [7, 11) is 3.28. The van der Waals surface area contributed by atoms with Gasteiger partial charge in [-0.3, -0.25) is 4.68 Å². The SMILES string of the molecule is COc1ccc2oc(-c3cc(C(=O)O)nn3C)cc2c1. The molecule has 0 radical (unpaired) electrons. The first-order valence-corrected chi connectivity index (χ1v) is 5.94. The molecular formula is C14H12N2O4. The summed E-state index contributed by atoms with van der Waals surface area (Å²) in [5, 5.41) is 13.8. The largest absolute Gasteiger partial charge is 0.497 e. The molecule has 3 rings (SSSR count). The molecule has 1 aromatic carbocycles. The monoisotopic (exact) mass is 272 g/mol. The third-order valence-electron chi connectivity index (χ3n) is 3.07. The minimum absolute atomic E-state index is 0.0134. The lowest BCUT2D eigenvalue weighted by molar-refractivity contribution is 0.0689. The van der Waals surface area contributed by atoms with Crippen LogP contribution in [-0.4, -0.2) is 28.0 Å². The molecule has 0 amide bonds. The van der Waals surface area contributed by atoms with Gasteiger partial charge in [-0.1, -0.05) is 0 Å². The van der Waals surface area contributed by atoms with E-state index in [9.17, 15) is 4.79 Å². The third-order valence-corrected chi connectivity index (χ3v) is 3.07. The van der Waals surface area contributed by atoms with Crippen LogP contribution in [-0.2, 0) is 7.05 Å².